The SMILES string of the molecule is C[C@H]1CCN1c1nc2c(c(-c3ccc4nn(C(=O)CN)cc4c3)n1)CCC2. The van der Waals surface area contributed by atoms with Crippen LogP contribution >= 0.6 is 0 Å². The fourth-order valence-electron chi connectivity index (χ4n) is 3.99. The Morgan fingerprint density at radius 1 is 1.30 bits per heavy atom. The zero-order valence-electron chi connectivity index (χ0n) is 15.4. The topological polar surface area (TPSA) is 89.9 Å². The van der Waals surface area contributed by atoms with Gasteiger partial charge in [0, 0.05) is 41.0 Å². The van der Waals surface area contributed by atoms with Crippen LogP contribution in [0.15, 0.2) is 24.4 Å². The third-order valence-electron chi connectivity index (χ3n) is 5.71. The predicted molar refractivity (Wildman–Crippen MR) is 104 cm³/mol. The third-order valence-corrected chi connectivity index (χ3v) is 5.71. The van der Waals surface area contributed by atoms with E-state index in [9.17, 15) is 4.79 Å². The molecule has 1 fully saturated rings. The lowest BCUT2D eigenvalue weighted by Gasteiger charge is -2.39. The number of carbonyl (C=O) groups excluding carboxylic acids is 1. The van der Waals surface area contributed by atoms with E-state index in [1.54, 1.807) is 6.20 Å². The number of anilines is 1. The van der Waals surface area contributed by atoms with Crippen LogP contribution in [0.1, 0.15) is 35.8 Å². The van der Waals surface area contributed by atoms with E-state index in [1.165, 1.54) is 22.4 Å². The van der Waals surface area contributed by atoms with Crippen LogP contribution in [0.25, 0.3) is 22.2 Å². The van der Waals surface area contributed by atoms with Gasteiger partial charge in [0.25, 0.3) is 5.91 Å². The number of benzene rings is 1. The maximum absolute atomic E-state index is 11.8. The number of hydrogen-bond acceptors (Lipinski definition) is 6. The highest BCUT2D eigenvalue weighted by Gasteiger charge is 2.29. The first-order valence-electron chi connectivity index (χ1n) is 9.53. The molecule has 1 aromatic carbocycles. The molecule has 7 nitrogen and oxygen atoms in total. The first-order chi connectivity index (χ1) is 13.1. The van der Waals surface area contributed by atoms with Gasteiger partial charge in [0.2, 0.25) is 5.95 Å². The van der Waals surface area contributed by atoms with Crippen molar-refractivity contribution in [2.75, 3.05) is 18.0 Å². The van der Waals surface area contributed by atoms with Gasteiger partial charge in [0.1, 0.15) is 0 Å². The van der Waals surface area contributed by atoms with Crippen molar-refractivity contribution >= 4 is 22.8 Å². The van der Waals surface area contributed by atoms with Crippen LogP contribution in [-0.4, -0.2) is 44.8 Å². The number of aromatic nitrogens is 4. The zero-order chi connectivity index (χ0) is 18.5. The van der Waals surface area contributed by atoms with Gasteiger partial charge in [-0.05, 0) is 44.7 Å². The molecule has 0 saturated carbocycles. The first-order valence-corrected chi connectivity index (χ1v) is 9.53. The van der Waals surface area contributed by atoms with Crippen LogP contribution in [0.2, 0.25) is 0 Å². The molecule has 2 aromatic heterocycles. The van der Waals surface area contributed by atoms with Crippen molar-refractivity contribution in [3.63, 3.8) is 0 Å². The third kappa shape index (κ3) is 2.61. The zero-order valence-corrected chi connectivity index (χ0v) is 15.4. The Labute approximate surface area is 157 Å². The van der Waals surface area contributed by atoms with Crippen molar-refractivity contribution in [2.45, 2.75) is 38.6 Å². The van der Waals surface area contributed by atoms with Crippen molar-refractivity contribution in [1.82, 2.24) is 19.7 Å². The molecule has 0 spiro atoms. The Bertz CT molecular complexity index is 1060. The average molecular weight is 362 g/mol. The summed E-state index contributed by atoms with van der Waals surface area (Å²) in [6, 6.07) is 6.55. The van der Waals surface area contributed by atoms with Gasteiger partial charge in [-0.3, -0.25) is 4.79 Å². The molecule has 0 bridgehead atoms. The van der Waals surface area contributed by atoms with Crippen molar-refractivity contribution in [2.24, 2.45) is 5.73 Å². The Morgan fingerprint density at radius 3 is 2.93 bits per heavy atom. The highest BCUT2D eigenvalue weighted by atomic mass is 16.2. The summed E-state index contributed by atoms with van der Waals surface area (Å²) in [5.74, 6) is 0.628. The largest absolute Gasteiger partial charge is 0.338 e. The van der Waals surface area contributed by atoms with Gasteiger partial charge >= 0.3 is 0 Å². The summed E-state index contributed by atoms with van der Waals surface area (Å²) in [5.41, 5.74) is 10.7. The molecule has 7 heteroatoms. The van der Waals surface area contributed by atoms with Gasteiger partial charge in [-0.1, -0.05) is 6.07 Å². The highest BCUT2D eigenvalue weighted by Crippen LogP contribution is 2.34. The van der Waals surface area contributed by atoms with Crippen molar-refractivity contribution in [3.05, 3.63) is 35.7 Å². The minimum absolute atomic E-state index is 0.0579. The second-order valence-corrected chi connectivity index (χ2v) is 7.43. The number of aryl methyl sites for hydroxylation is 1. The fourth-order valence-corrected chi connectivity index (χ4v) is 3.99. The molecule has 3 aromatic rings. The summed E-state index contributed by atoms with van der Waals surface area (Å²) in [6.45, 7) is 3.18. The van der Waals surface area contributed by atoms with E-state index in [1.807, 2.05) is 12.1 Å². The summed E-state index contributed by atoms with van der Waals surface area (Å²) in [4.78, 5) is 23.9. The molecule has 1 aliphatic heterocycles. The number of rotatable bonds is 3. The molecule has 1 saturated heterocycles. The van der Waals surface area contributed by atoms with Crippen LogP contribution in [0.5, 0.6) is 0 Å². The summed E-state index contributed by atoms with van der Waals surface area (Å²) in [6.07, 6.45) is 6.10. The standard InChI is InChI=1S/C20H22N6O/c1-12-7-8-25(12)20-22-17-4-2-3-15(17)19(23-20)13-5-6-16-14(9-13)11-26(24-16)18(27)10-21/h5-6,9,11-12H,2-4,7-8,10,21H2,1H3/t12-/m0/s1. The van der Waals surface area contributed by atoms with E-state index in [2.05, 4.69) is 23.0 Å². The number of nitrogens with two attached hydrogens (primary N) is 1. The number of carbonyl (C=O) groups is 1. The van der Waals surface area contributed by atoms with E-state index in [0.717, 1.165) is 53.9 Å². The molecule has 3 heterocycles. The quantitative estimate of drug-likeness (QED) is 0.768. The molecule has 1 aliphatic carbocycles. The van der Waals surface area contributed by atoms with Gasteiger partial charge in [-0.25, -0.2) is 14.6 Å². The summed E-state index contributed by atoms with van der Waals surface area (Å²) < 4.78 is 1.33. The molecule has 138 valence electrons. The van der Waals surface area contributed by atoms with Crippen LogP contribution in [0, 0.1) is 0 Å². The van der Waals surface area contributed by atoms with Gasteiger partial charge in [-0.2, -0.15) is 5.10 Å². The molecule has 1 atom stereocenters. The van der Waals surface area contributed by atoms with Crippen molar-refractivity contribution in [3.8, 4) is 11.3 Å². The van der Waals surface area contributed by atoms with Gasteiger partial charge in [0.05, 0.1) is 17.8 Å². The Hall–Kier alpha value is -2.80. The van der Waals surface area contributed by atoms with E-state index in [4.69, 9.17) is 15.7 Å². The maximum atomic E-state index is 11.8. The Balaban J connectivity index is 1.62. The van der Waals surface area contributed by atoms with Crippen molar-refractivity contribution in [1.29, 1.82) is 0 Å². The van der Waals surface area contributed by atoms with Crippen LogP contribution < -0.4 is 10.6 Å². The van der Waals surface area contributed by atoms with Gasteiger partial charge in [-0.15, -0.1) is 0 Å². The smallest absolute Gasteiger partial charge is 0.260 e. The second-order valence-electron chi connectivity index (χ2n) is 7.43. The minimum atomic E-state index is -0.218. The second kappa shape index (κ2) is 6.13. The lowest BCUT2D eigenvalue weighted by atomic mass is 10.0. The normalized spacial score (nSPS) is 18.6. The van der Waals surface area contributed by atoms with Crippen LogP contribution in [0.4, 0.5) is 5.95 Å². The van der Waals surface area contributed by atoms with E-state index in [0.29, 0.717) is 6.04 Å². The monoisotopic (exact) mass is 362 g/mol. The lowest BCUT2D eigenvalue weighted by molar-refractivity contribution is 0.0909. The van der Waals surface area contributed by atoms with Gasteiger partial charge in [0.15, 0.2) is 0 Å². The number of nitrogens with zero attached hydrogens (tertiary/aromatic N) is 5. The molecular weight excluding hydrogens is 340 g/mol. The predicted octanol–water partition coefficient (Wildman–Crippen LogP) is 2.18. The van der Waals surface area contributed by atoms with Crippen LogP contribution in [0.3, 0.4) is 0 Å². The Kier molecular flexibility index (Phi) is 3.72. The first kappa shape index (κ1) is 16.4. The molecule has 2 N–H and O–H groups in total. The summed E-state index contributed by atoms with van der Waals surface area (Å²) in [5, 5.41) is 5.23. The van der Waals surface area contributed by atoms with E-state index < -0.39 is 0 Å². The molecule has 0 radical (unpaired) electrons. The van der Waals surface area contributed by atoms with E-state index in [-0.39, 0.29) is 12.5 Å². The highest BCUT2D eigenvalue weighted by molar-refractivity contribution is 5.89. The van der Waals surface area contributed by atoms with Gasteiger partial charge < -0.3 is 10.6 Å². The summed E-state index contributed by atoms with van der Waals surface area (Å²) in [7, 11) is 0. The maximum Gasteiger partial charge on any atom is 0.260 e. The summed E-state index contributed by atoms with van der Waals surface area (Å²) >= 11 is 0. The molecule has 2 aliphatic rings. The molecule has 5 rings (SSSR count). The number of hydrogen-bond donors (Lipinski definition) is 1. The minimum Gasteiger partial charge on any atom is -0.338 e. The van der Waals surface area contributed by atoms with Crippen LogP contribution in [-0.2, 0) is 12.8 Å². The molecular formula is C20H22N6O. The average Bonchev–Trinajstić information content (AvgIpc) is 3.31. The molecule has 27 heavy (non-hydrogen) atoms. The van der Waals surface area contributed by atoms with Crippen molar-refractivity contribution < 1.29 is 4.79 Å². The lowest BCUT2D eigenvalue weighted by Crippen LogP contribution is -2.46. The Morgan fingerprint density at radius 2 is 2.19 bits per heavy atom. The fraction of sp³-hybridized carbons (Fsp3) is 0.400. The molecule has 0 unspecified atom stereocenters. The van der Waals surface area contributed by atoms with E-state index >= 15 is 0 Å². The number of fused-ring (bicyclic) bond motifs is 2. The molecule has 0 amide bonds.